The number of carbonyl (C=O) groups is 1. The van der Waals surface area contributed by atoms with Gasteiger partial charge in [-0.1, -0.05) is 36.4 Å². The third kappa shape index (κ3) is 10.4. The molecule has 10 heteroatoms. The molecule has 314 valence electrons. The Morgan fingerprint density at radius 3 is 2.32 bits per heavy atom. The molecule has 2 aromatic heterocycles. The summed E-state index contributed by atoms with van der Waals surface area (Å²) in [5.41, 5.74) is 14.7. The van der Waals surface area contributed by atoms with Crippen molar-refractivity contribution in [1.82, 2.24) is 14.9 Å². The fourth-order valence-electron chi connectivity index (χ4n) is 8.71. The van der Waals surface area contributed by atoms with Crippen LogP contribution < -0.4 is 30.1 Å². The Morgan fingerprint density at radius 2 is 1.64 bits per heavy atom. The highest BCUT2D eigenvalue weighted by atomic mass is 16.5. The predicted octanol–water partition coefficient (Wildman–Crippen LogP) is 9.38. The first kappa shape index (κ1) is 41.6. The third-order valence-corrected chi connectivity index (χ3v) is 12.4. The number of benzene rings is 2. The van der Waals surface area contributed by atoms with Crippen LogP contribution in [0.15, 0.2) is 97.4 Å². The van der Waals surface area contributed by atoms with Crippen LogP contribution in [0, 0.1) is 19.8 Å². The van der Waals surface area contributed by atoms with E-state index in [-0.39, 0.29) is 14.6 Å². The van der Waals surface area contributed by atoms with Crippen LogP contribution in [-0.2, 0) is 17.8 Å². The first-order valence-corrected chi connectivity index (χ1v) is 21.4. The average Bonchev–Trinajstić information content (AvgIpc) is 3.27. The summed E-state index contributed by atoms with van der Waals surface area (Å²) in [6.07, 6.45) is 8.65. The van der Waals surface area contributed by atoms with E-state index in [1.54, 1.807) is 6.92 Å². The number of ketones is 1. The molecule has 0 spiro atoms. The van der Waals surface area contributed by atoms with E-state index >= 15 is 0 Å². The summed E-state index contributed by atoms with van der Waals surface area (Å²) in [6.45, 7) is 25.1. The van der Waals surface area contributed by atoms with Crippen LogP contribution in [0.4, 0.5) is 34.3 Å². The summed E-state index contributed by atoms with van der Waals surface area (Å²) in [7, 11) is 0. The van der Waals surface area contributed by atoms with E-state index in [0.29, 0.717) is 24.9 Å². The van der Waals surface area contributed by atoms with Gasteiger partial charge in [-0.15, -0.1) is 12.3 Å². The number of piperidine rings is 1. The van der Waals surface area contributed by atoms with E-state index in [1.165, 1.54) is 40.9 Å². The molecule has 10 nitrogen and oxygen atoms in total. The lowest BCUT2D eigenvalue weighted by molar-refractivity contribution is -0.117. The van der Waals surface area contributed by atoms with E-state index in [1.807, 2.05) is 19.2 Å². The van der Waals surface area contributed by atoms with Crippen molar-refractivity contribution in [3.63, 3.8) is 0 Å². The lowest BCUT2D eigenvalue weighted by atomic mass is 9.95. The number of rotatable bonds is 11. The Bertz CT molecular complexity index is 2120. The molecule has 6 heterocycles. The van der Waals surface area contributed by atoms with E-state index in [4.69, 9.17) is 9.72 Å². The van der Waals surface area contributed by atoms with Crippen molar-refractivity contribution in [2.75, 3.05) is 84.3 Å². The maximum atomic E-state index is 10.7. The molecule has 4 aromatic rings. The van der Waals surface area contributed by atoms with Crippen LogP contribution in [0.2, 0.25) is 0 Å². The molecule has 0 saturated carbocycles. The number of hydrogen-bond donors (Lipinski definition) is 2. The number of carbonyl (C=O) groups excluding carboxylic acids is 1. The van der Waals surface area contributed by atoms with E-state index in [9.17, 15) is 4.79 Å². The number of pyridine rings is 2. The van der Waals surface area contributed by atoms with E-state index in [2.05, 4.69) is 129 Å². The van der Waals surface area contributed by atoms with Crippen LogP contribution in [0.3, 0.4) is 0 Å². The lowest BCUT2D eigenvalue weighted by Gasteiger charge is -2.43. The second kappa shape index (κ2) is 19.5. The van der Waals surface area contributed by atoms with Gasteiger partial charge in [0.1, 0.15) is 23.9 Å². The number of anilines is 6. The van der Waals surface area contributed by atoms with Gasteiger partial charge in [-0.05, 0) is 107 Å². The SMILES string of the molecule is C=C=C(C)C(C=C)CCC(C)=O.Cc1ccc(N2CCN(C3CCN(c4ccc(Nc5ccc6c(n5)CN(c5cnc7c(c5C)NCCO7)CC6)cc4)CC3)CC2)cc1.[HH].[HH]. The Kier molecular flexibility index (Phi) is 13.7. The number of fused-ring (bicyclic) bond motifs is 2. The van der Waals surface area contributed by atoms with Gasteiger partial charge in [-0.25, -0.2) is 9.97 Å². The first-order valence-electron chi connectivity index (χ1n) is 21.4. The number of allylic oxidation sites excluding steroid dienone is 2. The van der Waals surface area contributed by atoms with Gasteiger partial charge in [0.15, 0.2) is 0 Å². The van der Waals surface area contributed by atoms with Gasteiger partial charge < -0.3 is 34.9 Å². The number of ether oxygens (including phenoxy) is 1. The lowest BCUT2D eigenvalue weighted by Crippen LogP contribution is -2.53. The molecule has 2 N–H and O–H groups in total. The average molecular weight is 799 g/mol. The third-order valence-electron chi connectivity index (χ3n) is 12.4. The molecule has 0 aliphatic carbocycles. The van der Waals surface area contributed by atoms with Crippen LogP contribution in [-0.4, -0.2) is 85.7 Å². The standard InChI is InChI=1S/C38H46N8O.C11H16O.2H2/c1-27-3-8-31(9-4-27)44-20-22-45(23-21-44)33-14-18-43(19-15-33)32-10-6-30(7-11-32)41-36-12-5-29-13-17-46(26-34(29)42-36)35-25-40-38-37(28(35)2)39-16-24-47-38;1-5-9(3)11(6-2)8-7-10(4)12;;/h3-12,25,33,39H,13-24,26H2,1-2H3,(H,41,42);6,11H,1-2,7-8H2,3-4H3;2*1H. The van der Waals surface area contributed by atoms with E-state index in [0.717, 1.165) is 106 Å². The zero-order valence-electron chi connectivity index (χ0n) is 35.6. The van der Waals surface area contributed by atoms with Crippen molar-refractivity contribution in [3.05, 3.63) is 120 Å². The molecule has 0 amide bonds. The summed E-state index contributed by atoms with van der Waals surface area (Å²) in [4.78, 5) is 30.6. The molecular formula is C49H66N8O2. The summed E-state index contributed by atoms with van der Waals surface area (Å²) in [5.74, 6) is 2.07. The molecule has 1 unspecified atom stereocenters. The number of Topliss-reactive ketones (excluding diaryl/α,β-unsaturated/α-hetero) is 1. The summed E-state index contributed by atoms with van der Waals surface area (Å²) >= 11 is 0. The van der Waals surface area contributed by atoms with Gasteiger partial charge >= 0.3 is 0 Å². The normalized spacial score (nSPS) is 17.2. The monoisotopic (exact) mass is 799 g/mol. The molecule has 4 aliphatic rings. The summed E-state index contributed by atoms with van der Waals surface area (Å²) in [6, 6.07) is 22.9. The van der Waals surface area contributed by atoms with Crippen LogP contribution in [0.1, 0.15) is 64.8 Å². The molecule has 0 bridgehead atoms. The van der Waals surface area contributed by atoms with Crippen molar-refractivity contribution >= 4 is 40.0 Å². The summed E-state index contributed by atoms with van der Waals surface area (Å²) in [5, 5.41) is 7.03. The largest absolute Gasteiger partial charge is 0.474 e. The van der Waals surface area contributed by atoms with Crippen molar-refractivity contribution in [2.45, 2.75) is 72.4 Å². The number of nitrogens with one attached hydrogen (secondary N) is 2. The molecule has 0 radical (unpaired) electrons. The number of hydrogen-bond acceptors (Lipinski definition) is 10. The maximum Gasteiger partial charge on any atom is 0.237 e. The molecule has 4 aliphatic heterocycles. The fourth-order valence-corrected chi connectivity index (χ4v) is 8.71. The van der Waals surface area contributed by atoms with Crippen LogP contribution in [0.5, 0.6) is 5.88 Å². The second-order valence-electron chi connectivity index (χ2n) is 16.4. The quantitative estimate of drug-likeness (QED) is 0.113. The molecule has 8 rings (SSSR count). The Balaban J connectivity index is 0.000000442. The molecule has 2 fully saturated rings. The zero-order chi connectivity index (χ0) is 41.3. The Hall–Kier alpha value is -5.57. The van der Waals surface area contributed by atoms with Crippen LogP contribution >= 0.6 is 0 Å². The zero-order valence-corrected chi connectivity index (χ0v) is 35.6. The second-order valence-corrected chi connectivity index (χ2v) is 16.4. The maximum absolute atomic E-state index is 10.7. The summed E-state index contributed by atoms with van der Waals surface area (Å²) < 4.78 is 5.74. The topological polar surface area (TPSA) is 89.1 Å². The number of aromatic nitrogens is 2. The fraction of sp³-hybridized carbons (Fsp3) is 0.429. The molecule has 2 aromatic carbocycles. The first-order chi connectivity index (χ1) is 28.7. The van der Waals surface area contributed by atoms with Crippen LogP contribution in [0.25, 0.3) is 0 Å². The van der Waals surface area contributed by atoms with Gasteiger partial charge in [0.2, 0.25) is 5.88 Å². The Morgan fingerprint density at radius 1 is 0.949 bits per heavy atom. The van der Waals surface area contributed by atoms with E-state index < -0.39 is 0 Å². The number of nitrogens with zero attached hydrogens (tertiary/aromatic N) is 6. The van der Waals surface area contributed by atoms with Crippen molar-refractivity contribution in [2.24, 2.45) is 5.92 Å². The van der Waals surface area contributed by atoms with Gasteiger partial charge in [0.25, 0.3) is 0 Å². The highest BCUT2D eigenvalue weighted by Gasteiger charge is 2.28. The molecular weight excluding hydrogens is 733 g/mol. The van der Waals surface area contributed by atoms with Gasteiger partial charge in [0, 0.05) is 96.2 Å². The van der Waals surface area contributed by atoms with Gasteiger partial charge in [-0.3, -0.25) is 4.90 Å². The highest BCUT2D eigenvalue weighted by molar-refractivity contribution is 5.75. The van der Waals surface area contributed by atoms with Crippen molar-refractivity contribution in [3.8, 4) is 5.88 Å². The van der Waals surface area contributed by atoms with Gasteiger partial charge in [-0.2, -0.15) is 0 Å². The van der Waals surface area contributed by atoms with Crippen molar-refractivity contribution < 1.29 is 12.4 Å². The minimum absolute atomic E-state index is 0. The number of aryl methyl sites for hydroxylation is 1. The minimum atomic E-state index is 0. The Labute approximate surface area is 354 Å². The van der Waals surface area contributed by atoms with Gasteiger partial charge in [0.05, 0.1) is 24.1 Å². The highest BCUT2D eigenvalue weighted by Crippen LogP contribution is 2.36. The van der Waals surface area contributed by atoms with Crippen molar-refractivity contribution in [1.29, 1.82) is 0 Å². The molecule has 2 saturated heterocycles. The molecule has 59 heavy (non-hydrogen) atoms. The smallest absolute Gasteiger partial charge is 0.237 e. The molecule has 1 atom stereocenters. The predicted molar refractivity (Wildman–Crippen MR) is 248 cm³/mol. The minimum Gasteiger partial charge on any atom is -0.474 e. The number of piperazine rings is 1.